The molecule has 1 saturated heterocycles. The fourth-order valence-corrected chi connectivity index (χ4v) is 2.40. The lowest BCUT2D eigenvalue weighted by atomic mass is 10.2. The van der Waals surface area contributed by atoms with Gasteiger partial charge in [-0.15, -0.1) is 24.0 Å². The minimum absolute atomic E-state index is 0. The third-order valence-corrected chi connectivity index (χ3v) is 3.67. The van der Waals surface area contributed by atoms with Crippen molar-refractivity contribution in [3.63, 3.8) is 0 Å². The molecule has 1 aromatic rings. The molecule has 0 aliphatic carbocycles. The Labute approximate surface area is 161 Å². The van der Waals surface area contributed by atoms with E-state index in [1.807, 2.05) is 24.3 Å². The van der Waals surface area contributed by atoms with E-state index < -0.39 is 0 Å². The number of guanidine groups is 1. The van der Waals surface area contributed by atoms with Crippen LogP contribution in [0.4, 0.5) is 0 Å². The molecule has 2 N–H and O–H groups in total. The average molecular weight is 449 g/mol. The van der Waals surface area contributed by atoms with Crippen LogP contribution in [-0.2, 0) is 4.74 Å². The molecule has 1 aromatic carbocycles. The van der Waals surface area contributed by atoms with Crippen molar-refractivity contribution in [3.05, 3.63) is 24.3 Å². The van der Waals surface area contributed by atoms with E-state index in [-0.39, 0.29) is 24.0 Å². The van der Waals surface area contributed by atoms with E-state index in [1.54, 1.807) is 14.2 Å². The number of aliphatic imine (C=N–C) groups is 1. The Morgan fingerprint density at radius 3 is 2.88 bits per heavy atom. The van der Waals surface area contributed by atoms with Crippen LogP contribution in [0.1, 0.15) is 19.3 Å². The van der Waals surface area contributed by atoms with Gasteiger partial charge in [0.05, 0.1) is 19.8 Å². The number of methoxy groups -OCH3 is 1. The lowest BCUT2D eigenvalue weighted by Gasteiger charge is -2.15. The van der Waals surface area contributed by atoms with Crippen molar-refractivity contribution in [3.8, 4) is 11.5 Å². The van der Waals surface area contributed by atoms with Crippen LogP contribution < -0.4 is 20.1 Å². The minimum Gasteiger partial charge on any atom is -0.497 e. The molecule has 0 amide bonds. The number of halogens is 1. The summed E-state index contributed by atoms with van der Waals surface area (Å²) in [5.74, 6) is 2.44. The van der Waals surface area contributed by atoms with E-state index >= 15 is 0 Å². The van der Waals surface area contributed by atoms with Gasteiger partial charge in [-0.25, -0.2) is 0 Å². The molecule has 24 heavy (non-hydrogen) atoms. The van der Waals surface area contributed by atoms with Gasteiger partial charge in [0.25, 0.3) is 0 Å². The van der Waals surface area contributed by atoms with Crippen molar-refractivity contribution in [1.82, 2.24) is 10.6 Å². The molecule has 0 bridgehead atoms. The first-order valence-corrected chi connectivity index (χ1v) is 8.15. The third kappa shape index (κ3) is 7.57. The highest BCUT2D eigenvalue weighted by Crippen LogP contribution is 2.18. The van der Waals surface area contributed by atoms with Gasteiger partial charge in [-0.1, -0.05) is 6.07 Å². The molecule has 0 spiro atoms. The van der Waals surface area contributed by atoms with Crippen molar-refractivity contribution in [2.24, 2.45) is 4.99 Å². The first kappa shape index (κ1) is 20.8. The monoisotopic (exact) mass is 449 g/mol. The second-order valence-corrected chi connectivity index (χ2v) is 5.40. The van der Waals surface area contributed by atoms with E-state index in [0.29, 0.717) is 12.7 Å². The largest absolute Gasteiger partial charge is 0.497 e. The number of hydrogen-bond acceptors (Lipinski definition) is 4. The zero-order valence-corrected chi connectivity index (χ0v) is 16.7. The highest BCUT2D eigenvalue weighted by Gasteiger charge is 2.15. The molecule has 1 unspecified atom stereocenters. The molecule has 0 saturated carbocycles. The fraction of sp³-hybridized carbons (Fsp3) is 0.588. The molecule has 1 aliphatic rings. The quantitative estimate of drug-likeness (QED) is 0.276. The molecule has 1 fully saturated rings. The number of hydrogen-bond donors (Lipinski definition) is 2. The number of nitrogens with zero attached hydrogens (tertiary/aromatic N) is 1. The highest BCUT2D eigenvalue weighted by atomic mass is 127. The van der Waals surface area contributed by atoms with Crippen LogP contribution in [0.15, 0.2) is 29.3 Å². The Kier molecular flexibility index (Phi) is 10.6. The Morgan fingerprint density at radius 1 is 1.33 bits per heavy atom. The summed E-state index contributed by atoms with van der Waals surface area (Å²) in [6.07, 6.45) is 3.47. The summed E-state index contributed by atoms with van der Waals surface area (Å²) in [5.41, 5.74) is 0. The molecule has 0 radical (unpaired) electrons. The first-order chi connectivity index (χ1) is 11.3. The Morgan fingerprint density at radius 2 is 2.17 bits per heavy atom. The summed E-state index contributed by atoms with van der Waals surface area (Å²) in [6, 6.07) is 7.63. The van der Waals surface area contributed by atoms with Crippen LogP contribution >= 0.6 is 24.0 Å². The molecule has 136 valence electrons. The predicted octanol–water partition coefficient (Wildman–Crippen LogP) is 2.43. The summed E-state index contributed by atoms with van der Waals surface area (Å²) in [5, 5.41) is 6.57. The van der Waals surface area contributed by atoms with Gasteiger partial charge in [0.15, 0.2) is 5.96 Å². The van der Waals surface area contributed by atoms with Gasteiger partial charge in [0.2, 0.25) is 0 Å². The summed E-state index contributed by atoms with van der Waals surface area (Å²) in [7, 11) is 3.43. The van der Waals surface area contributed by atoms with Crippen molar-refractivity contribution in [1.29, 1.82) is 0 Å². The molecular formula is C17H28IN3O3. The number of ether oxygens (including phenoxy) is 3. The van der Waals surface area contributed by atoms with Gasteiger partial charge in [-0.3, -0.25) is 4.99 Å². The summed E-state index contributed by atoms with van der Waals surface area (Å²) >= 11 is 0. The van der Waals surface area contributed by atoms with Gasteiger partial charge < -0.3 is 24.8 Å². The number of rotatable bonds is 8. The summed E-state index contributed by atoms with van der Waals surface area (Å²) in [6.45, 7) is 3.12. The number of benzene rings is 1. The standard InChI is InChI=1S/C17H27N3O3.HI/c1-18-17(20-13-16-8-4-10-23-16)19-9-5-11-22-15-7-3-6-14(12-15)21-2;/h3,6-7,12,16H,4-5,8-11,13H2,1-2H3,(H2,18,19,20);1H. The SMILES string of the molecule is CN=C(NCCCOc1cccc(OC)c1)NCC1CCCO1.I. The van der Waals surface area contributed by atoms with E-state index in [4.69, 9.17) is 14.2 Å². The lowest BCUT2D eigenvalue weighted by Crippen LogP contribution is -2.41. The molecule has 1 atom stereocenters. The summed E-state index contributed by atoms with van der Waals surface area (Å²) < 4.78 is 16.5. The van der Waals surface area contributed by atoms with Crippen LogP contribution in [0.2, 0.25) is 0 Å². The van der Waals surface area contributed by atoms with E-state index in [1.165, 1.54) is 0 Å². The predicted molar refractivity (Wildman–Crippen MR) is 107 cm³/mol. The minimum atomic E-state index is 0. The van der Waals surface area contributed by atoms with Gasteiger partial charge in [0, 0.05) is 32.8 Å². The van der Waals surface area contributed by atoms with E-state index in [2.05, 4.69) is 15.6 Å². The Hall–Kier alpha value is -1.22. The topological polar surface area (TPSA) is 64.1 Å². The van der Waals surface area contributed by atoms with Gasteiger partial charge in [0.1, 0.15) is 11.5 Å². The lowest BCUT2D eigenvalue weighted by molar-refractivity contribution is 0.114. The van der Waals surface area contributed by atoms with Crippen LogP contribution in [-0.4, -0.2) is 52.5 Å². The van der Waals surface area contributed by atoms with Crippen LogP contribution in [0, 0.1) is 0 Å². The van der Waals surface area contributed by atoms with Crippen molar-refractivity contribution < 1.29 is 14.2 Å². The van der Waals surface area contributed by atoms with Gasteiger partial charge in [-0.05, 0) is 31.4 Å². The zero-order valence-electron chi connectivity index (χ0n) is 14.4. The second-order valence-electron chi connectivity index (χ2n) is 5.40. The Balaban J connectivity index is 0.00000288. The maximum atomic E-state index is 5.70. The maximum Gasteiger partial charge on any atom is 0.191 e. The highest BCUT2D eigenvalue weighted by molar-refractivity contribution is 14.0. The Bertz CT molecular complexity index is 494. The van der Waals surface area contributed by atoms with Crippen LogP contribution in [0.5, 0.6) is 11.5 Å². The normalized spacial score (nSPS) is 17.1. The summed E-state index contributed by atoms with van der Waals surface area (Å²) in [4.78, 5) is 4.21. The second kappa shape index (κ2) is 12.2. The van der Waals surface area contributed by atoms with Crippen molar-refractivity contribution >= 4 is 29.9 Å². The van der Waals surface area contributed by atoms with Crippen molar-refractivity contribution in [2.75, 3.05) is 40.5 Å². The molecule has 1 heterocycles. The molecule has 2 rings (SSSR count). The molecule has 0 aromatic heterocycles. The van der Waals surface area contributed by atoms with E-state index in [9.17, 15) is 0 Å². The van der Waals surface area contributed by atoms with Gasteiger partial charge in [-0.2, -0.15) is 0 Å². The van der Waals surface area contributed by atoms with Crippen molar-refractivity contribution in [2.45, 2.75) is 25.4 Å². The molecule has 7 heteroatoms. The maximum absolute atomic E-state index is 5.70. The number of nitrogens with one attached hydrogen (secondary N) is 2. The molecule has 6 nitrogen and oxygen atoms in total. The van der Waals surface area contributed by atoms with Crippen LogP contribution in [0.25, 0.3) is 0 Å². The molecule has 1 aliphatic heterocycles. The molecular weight excluding hydrogens is 421 g/mol. The third-order valence-electron chi connectivity index (χ3n) is 3.67. The first-order valence-electron chi connectivity index (χ1n) is 8.15. The average Bonchev–Trinajstić information content (AvgIpc) is 3.11. The van der Waals surface area contributed by atoms with Gasteiger partial charge >= 0.3 is 0 Å². The zero-order chi connectivity index (χ0) is 16.3. The smallest absolute Gasteiger partial charge is 0.191 e. The fourth-order valence-electron chi connectivity index (χ4n) is 2.40. The van der Waals surface area contributed by atoms with Crippen LogP contribution in [0.3, 0.4) is 0 Å². The van der Waals surface area contributed by atoms with E-state index in [0.717, 1.165) is 56.4 Å².